The van der Waals surface area contributed by atoms with Crippen LogP contribution in [-0.4, -0.2) is 38.3 Å². The van der Waals surface area contributed by atoms with E-state index in [4.69, 9.17) is 5.11 Å². The minimum atomic E-state index is -1.01. The number of aliphatic carboxylic acids is 1. The van der Waals surface area contributed by atoms with Gasteiger partial charge in [0.25, 0.3) is 5.91 Å². The number of benzene rings is 1. The molecule has 22 heavy (non-hydrogen) atoms. The van der Waals surface area contributed by atoms with Crippen LogP contribution in [-0.2, 0) is 11.2 Å². The molecule has 0 unspecified atom stereocenters. The third-order valence-corrected chi connectivity index (χ3v) is 2.90. The molecule has 1 heterocycles. The molecule has 1 aromatic carbocycles. The number of carbonyl (C=O) groups is 2. The lowest BCUT2D eigenvalue weighted by Gasteiger charge is -2.04. The van der Waals surface area contributed by atoms with E-state index in [2.05, 4.69) is 15.4 Å². The van der Waals surface area contributed by atoms with Gasteiger partial charge < -0.3 is 10.4 Å². The Hall–Kier alpha value is -2.77. The fourth-order valence-corrected chi connectivity index (χ4v) is 1.85. The average Bonchev–Trinajstić information content (AvgIpc) is 2.91. The maximum absolute atomic E-state index is 13.8. The van der Waals surface area contributed by atoms with Gasteiger partial charge >= 0.3 is 5.97 Å². The Kier molecular flexibility index (Phi) is 4.82. The Bertz CT molecular complexity index is 699. The number of aromatic nitrogens is 3. The van der Waals surface area contributed by atoms with Crippen LogP contribution >= 0.6 is 0 Å². The number of aryl methyl sites for hydroxylation is 1. The Morgan fingerprint density at radius 3 is 2.73 bits per heavy atom. The molecule has 0 atom stereocenters. The van der Waals surface area contributed by atoms with E-state index in [0.717, 1.165) is 0 Å². The third kappa shape index (κ3) is 3.46. The molecule has 2 N–H and O–H groups in total. The number of para-hydroxylation sites is 1. The maximum atomic E-state index is 13.8. The predicted molar refractivity (Wildman–Crippen MR) is 75.3 cm³/mol. The molecule has 0 fully saturated rings. The summed E-state index contributed by atoms with van der Waals surface area (Å²) in [6, 6.07) is 6.05. The molecule has 1 amide bonds. The number of hydrogen-bond acceptors (Lipinski definition) is 4. The van der Waals surface area contributed by atoms with Crippen LogP contribution in [0.2, 0.25) is 0 Å². The Morgan fingerprint density at radius 2 is 2.09 bits per heavy atom. The number of carboxylic acid groups (broad SMARTS) is 1. The fourth-order valence-electron chi connectivity index (χ4n) is 1.85. The number of nitrogens with one attached hydrogen (secondary N) is 1. The minimum Gasteiger partial charge on any atom is -0.481 e. The summed E-state index contributed by atoms with van der Waals surface area (Å²) in [5.41, 5.74) is 0.205. The summed E-state index contributed by atoms with van der Waals surface area (Å²) in [6.07, 6.45) is 0.268. The van der Waals surface area contributed by atoms with Gasteiger partial charge in [0.05, 0.1) is 6.42 Å². The summed E-state index contributed by atoms with van der Waals surface area (Å²) < 4.78 is 15.1. The first-order valence-corrected chi connectivity index (χ1v) is 6.73. The predicted octanol–water partition coefficient (Wildman–Crippen LogP) is 1.17. The van der Waals surface area contributed by atoms with Gasteiger partial charge in [-0.05, 0) is 12.1 Å². The van der Waals surface area contributed by atoms with Crippen molar-refractivity contribution in [2.45, 2.75) is 19.8 Å². The summed E-state index contributed by atoms with van der Waals surface area (Å²) in [4.78, 5) is 26.4. The zero-order valence-corrected chi connectivity index (χ0v) is 11.9. The first-order chi connectivity index (χ1) is 10.5. The maximum Gasteiger partial charge on any atom is 0.305 e. The number of carboxylic acids is 1. The lowest BCUT2D eigenvalue weighted by Crippen LogP contribution is -2.27. The molecule has 0 aliphatic rings. The second-order valence-corrected chi connectivity index (χ2v) is 4.47. The van der Waals surface area contributed by atoms with Gasteiger partial charge in [0.15, 0.2) is 0 Å². The van der Waals surface area contributed by atoms with Crippen LogP contribution in [0.3, 0.4) is 0 Å². The van der Waals surface area contributed by atoms with E-state index in [1.54, 1.807) is 12.1 Å². The van der Waals surface area contributed by atoms with Crippen molar-refractivity contribution in [1.29, 1.82) is 0 Å². The first kappa shape index (κ1) is 15.6. The Balaban J connectivity index is 2.24. The summed E-state index contributed by atoms with van der Waals surface area (Å²) in [5.74, 6) is -1.76. The molecule has 7 nitrogen and oxygen atoms in total. The van der Waals surface area contributed by atoms with E-state index in [1.807, 2.05) is 6.92 Å². The smallest absolute Gasteiger partial charge is 0.305 e. The number of rotatable bonds is 6. The molecule has 2 rings (SSSR count). The SMILES string of the molecule is CCc1nc(C(=O)NCCC(=O)O)nn1-c1ccccc1F. The number of nitrogens with zero attached hydrogens (tertiary/aromatic N) is 3. The molecule has 116 valence electrons. The lowest BCUT2D eigenvalue weighted by molar-refractivity contribution is -0.136. The van der Waals surface area contributed by atoms with Gasteiger partial charge in [0.2, 0.25) is 5.82 Å². The Labute approximate surface area is 125 Å². The van der Waals surface area contributed by atoms with Crippen molar-refractivity contribution in [3.8, 4) is 5.69 Å². The minimum absolute atomic E-state index is 0.0239. The van der Waals surface area contributed by atoms with Crippen molar-refractivity contribution in [3.05, 3.63) is 41.7 Å². The number of carbonyl (C=O) groups excluding carboxylic acids is 1. The Morgan fingerprint density at radius 1 is 1.36 bits per heavy atom. The number of halogens is 1. The van der Waals surface area contributed by atoms with Gasteiger partial charge in [-0.1, -0.05) is 19.1 Å². The van der Waals surface area contributed by atoms with Crippen LogP contribution in [0.15, 0.2) is 24.3 Å². The lowest BCUT2D eigenvalue weighted by atomic mass is 10.3. The standard InChI is InChI=1S/C14H15FN4O3/c1-2-11-17-13(14(22)16-8-7-12(20)21)18-19(11)10-6-4-3-5-9(10)15/h3-6H,2,7-8H2,1H3,(H,16,22)(H,20,21). The van der Waals surface area contributed by atoms with Crippen LogP contribution in [0.1, 0.15) is 29.8 Å². The second kappa shape index (κ2) is 6.79. The summed E-state index contributed by atoms with van der Waals surface area (Å²) in [5, 5.41) is 15.0. The van der Waals surface area contributed by atoms with E-state index in [0.29, 0.717) is 12.2 Å². The van der Waals surface area contributed by atoms with Crippen molar-refractivity contribution in [3.63, 3.8) is 0 Å². The van der Waals surface area contributed by atoms with Crippen LogP contribution in [0.5, 0.6) is 0 Å². The van der Waals surface area contributed by atoms with Gasteiger partial charge in [-0.2, -0.15) is 0 Å². The summed E-state index contributed by atoms with van der Waals surface area (Å²) >= 11 is 0. The molecule has 0 bridgehead atoms. The monoisotopic (exact) mass is 306 g/mol. The van der Waals surface area contributed by atoms with Gasteiger partial charge in [-0.15, -0.1) is 5.10 Å². The summed E-state index contributed by atoms with van der Waals surface area (Å²) in [7, 11) is 0. The zero-order chi connectivity index (χ0) is 16.1. The molecule has 0 radical (unpaired) electrons. The number of amides is 1. The molecule has 0 spiro atoms. The van der Waals surface area contributed by atoms with E-state index >= 15 is 0 Å². The van der Waals surface area contributed by atoms with E-state index in [1.165, 1.54) is 16.8 Å². The third-order valence-electron chi connectivity index (χ3n) is 2.90. The molecular weight excluding hydrogens is 291 g/mol. The molecule has 1 aromatic heterocycles. The number of hydrogen-bond donors (Lipinski definition) is 2. The largest absolute Gasteiger partial charge is 0.481 e. The van der Waals surface area contributed by atoms with Gasteiger partial charge in [0, 0.05) is 13.0 Å². The zero-order valence-electron chi connectivity index (χ0n) is 11.9. The highest BCUT2D eigenvalue weighted by Gasteiger charge is 2.18. The van der Waals surface area contributed by atoms with E-state index in [9.17, 15) is 14.0 Å². The van der Waals surface area contributed by atoms with E-state index in [-0.39, 0.29) is 24.5 Å². The van der Waals surface area contributed by atoms with Crippen molar-refractivity contribution in [1.82, 2.24) is 20.1 Å². The molecule has 2 aromatic rings. The second-order valence-electron chi connectivity index (χ2n) is 4.47. The van der Waals surface area contributed by atoms with Gasteiger partial charge in [-0.3, -0.25) is 9.59 Å². The van der Waals surface area contributed by atoms with Crippen molar-refractivity contribution in [2.24, 2.45) is 0 Å². The molecular formula is C14H15FN4O3. The average molecular weight is 306 g/mol. The molecule has 0 saturated heterocycles. The molecule has 0 aliphatic carbocycles. The highest BCUT2D eigenvalue weighted by Crippen LogP contribution is 2.14. The normalized spacial score (nSPS) is 10.5. The van der Waals surface area contributed by atoms with Gasteiger partial charge in [0.1, 0.15) is 17.3 Å². The highest BCUT2D eigenvalue weighted by atomic mass is 19.1. The summed E-state index contributed by atoms with van der Waals surface area (Å²) in [6.45, 7) is 1.79. The van der Waals surface area contributed by atoms with Crippen molar-refractivity contribution in [2.75, 3.05) is 6.54 Å². The quantitative estimate of drug-likeness (QED) is 0.835. The van der Waals surface area contributed by atoms with Crippen LogP contribution in [0.4, 0.5) is 4.39 Å². The van der Waals surface area contributed by atoms with Crippen molar-refractivity contribution < 1.29 is 19.1 Å². The van der Waals surface area contributed by atoms with Crippen LogP contribution < -0.4 is 5.32 Å². The fraction of sp³-hybridized carbons (Fsp3) is 0.286. The topological polar surface area (TPSA) is 97.1 Å². The van der Waals surface area contributed by atoms with E-state index < -0.39 is 17.7 Å². The van der Waals surface area contributed by atoms with Gasteiger partial charge in [-0.25, -0.2) is 14.1 Å². The van der Waals surface area contributed by atoms with Crippen molar-refractivity contribution >= 4 is 11.9 Å². The first-order valence-electron chi connectivity index (χ1n) is 6.73. The highest BCUT2D eigenvalue weighted by molar-refractivity contribution is 5.90. The van der Waals surface area contributed by atoms with Crippen LogP contribution in [0.25, 0.3) is 5.69 Å². The molecule has 8 heteroatoms. The molecule has 0 aliphatic heterocycles. The molecule has 0 saturated carbocycles. The van der Waals surface area contributed by atoms with Crippen LogP contribution in [0, 0.1) is 5.82 Å².